The van der Waals surface area contributed by atoms with E-state index in [1.54, 1.807) is 22.8 Å². The van der Waals surface area contributed by atoms with Crippen molar-refractivity contribution in [3.8, 4) is 0 Å². The van der Waals surface area contributed by atoms with Gasteiger partial charge in [0, 0.05) is 44.2 Å². The molecule has 0 aliphatic carbocycles. The number of carbonyl (C=O) groups excluding carboxylic acids is 2. The minimum atomic E-state index is -1.21. The van der Waals surface area contributed by atoms with Gasteiger partial charge in [-0.25, -0.2) is 0 Å². The summed E-state index contributed by atoms with van der Waals surface area (Å²) in [7, 11) is 0. The van der Waals surface area contributed by atoms with Crippen LogP contribution in [0.15, 0.2) is 36.9 Å². The van der Waals surface area contributed by atoms with Gasteiger partial charge in [0.1, 0.15) is 17.6 Å². The highest BCUT2D eigenvalue weighted by Gasteiger charge is 2.80. The number of carboxylic acid groups (broad SMARTS) is 1. The Hall–Kier alpha value is -2.91. The van der Waals surface area contributed by atoms with Crippen LogP contribution in [0.5, 0.6) is 0 Å². The molecular weight excluding hydrogens is 498 g/mol. The van der Waals surface area contributed by atoms with Gasteiger partial charge in [-0.1, -0.05) is 13.0 Å². The van der Waals surface area contributed by atoms with Crippen LogP contribution in [0.25, 0.3) is 0 Å². The second-order valence-corrected chi connectivity index (χ2v) is 11.3. The topological polar surface area (TPSA) is 111 Å². The molecule has 2 amide bonds. The van der Waals surface area contributed by atoms with E-state index in [1.807, 2.05) is 31.2 Å². The molecule has 0 saturated carbocycles. The Morgan fingerprint density at radius 1 is 1.15 bits per heavy atom. The van der Waals surface area contributed by atoms with Crippen LogP contribution >= 0.6 is 0 Å². The molecule has 0 aromatic heterocycles. The summed E-state index contributed by atoms with van der Waals surface area (Å²) in [5.41, 5.74) is -0.491. The molecule has 3 saturated heterocycles. The quantitative estimate of drug-likeness (QED) is 0.291. The first-order chi connectivity index (χ1) is 18.6. The smallest absolute Gasteiger partial charge is 0.310 e. The van der Waals surface area contributed by atoms with Crippen LogP contribution in [-0.4, -0.2) is 82.9 Å². The van der Waals surface area contributed by atoms with Gasteiger partial charge < -0.3 is 29.6 Å². The van der Waals surface area contributed by atoms with E-state index in [2.05, 4.69) is 25.3 Å². The van der Waals surface area contributed by atoms with Gasteiger partial charge in [0.2, 0.25) is 5.91 Å². The molecule has 3 aliphatic heterocycles. The Bertz CT molecular complexity index is 1090. The third kappa shape index (κ3) is 4.63. The Morgan fingerprint density at radius 3 is 2.36 bits per heavy atom. The monoisotopic (exact) mass is 541 g/mol. The van der Waals surface area contributed by atoms with E-state index in [1.165, 1.54) is 0 Å². The number of aliphatic hydroxyl groups is 1. The number of amides is 2. The molecule has 0 radical (unpaired) electrons. The molecule has 9 heteroatoms. The summed E-state index contributed by atoms with van der Waals surface area (Å²) in [6.07, 6.45) is 3.99. The van der Waals surface area contributed by atoms with Gasteiger partial charge in [0.25, 0.3) is 5.91 Å². The summed E-state index contributed by atoms with van der Waals surface area (Å²) in [5, 5.41) is 19.5. The van der Waals surface area contributed by atoms with Gasteiger partial charge in [0.05, 0.1) is 11.5 Å². The van der Waals surface area contributed by atoms with E-state index in [-0.39, 0.29) is 30.9 Å². The van der Waals surface area contributed by atoms with Crippen molar-refractivity contribution in [1.82, 2.24) is 4.90 Å². The normalized spacial score (nSPS) is 30.9. The number of rotatable bonds is 13. The van der Waals surface area contributed by atoms with Crippen LogP contribution in [0.2, 0.25) is 0 Å². The first-order valence-corrected chi connectivity index (χ1v) is 14.2. The number of nitrogens with zero attached hydrogens (tertiary/aromatic N) is 3. The standard InChI is InChI=1S/C30H43N3O6/c1-6-16-32(22-14-12-21(13-15-22)31(7-2)8-3)27(36)25-30-19-20(4)29(5,39-30)24(28(37)38)23(30)26(35)33(25)17-10-9-11-18-34/h6,12-15,20,23-25,34H,1,7-11,16-19H2,2-5H3,(H,37,38)/t20?,23-,24-,25?,29+,30?/m0/s1. The molecule has 1 aromatic carbocycles. The zero-order valence-electron chi connectivity index (χ0n) is 23.6. The molecule has 9 nitrogen and oxygen atoms in total. The van der Waals surface area contributed by atoms with E-state index in [0.717, 1.165) is 18.8 Å². The summed E-state index contributed by atoms with van der Waals surface area (Å²) in [5.74, 6) is -3.74. The Kier molecular flexibility index (Phi) is 8.42. The number of fused-ring (bicyclic) bond motifs is 1. The maximum absolute atomic E-state index is 14.5. The lowest BCUT2D eigenvalue weighted by molar-refractivity contribution is -0.156. The SMILES string of the molecule is C=CCN(C(=O)C1N(CCCCCO)C(=O)[C@@H]2[C@@H](C(=O)O)[C@]3(C)OC12CC3C)c1ccc(N(CC)CC)cc1. The third-order valence-electron chi connectivity index (χ3n) is 9.24. The number of aliphatic carboxylic acids is 1. The van der Waals surface area contributed by atoms with Crippen LogP contribution in [-0.2, 0) is 19.1 Å². The molecule has 1 aromatic rings. The number of hydrogen-bond donors (Lipinski definition) is 2. The summed E-state index contributed by atoms with van der Waals surface area (Å²) >= 11 is 0. The average Bonchev–Trinajstić information content (AvgIpc) is 3.42. The van der Waals surface area contributed by atoms with Gasteiger partial charge >= 0.3 is 5.97 Å². The fourth-order valence-electron chi connectivity index (χ4n) is 7.24. The number of likely N-dealkylation sites (tertiary alicyclic amines) is 1. The van der Waals surface area contributed by atoms with Crippen LogP contribution < -0.4 is 9.80 Å². The summed E-state index contributed by atoms with van der Waals surface area (Å²) in [4.78, 5) is 46.4. The number of hydrogen-bond acceptors (Lipinski definition) is 6. The molecule has 6 atom stereocenters. The van der Waals surface area contributed by atoms with Crippen LogP contribution in [0.3, 0.4) is 0 Å². The summed E-state index contributed by atoms with van der Waals surface area (Å²) < 4.78 is 6.60. The average molecular weight is 542 g/mol. The van der Waals surface area contributed by atoms with Crippen molar-refractivity contribution in [2.75, 3.05) is 42.6 Å². The second kappa shape index (κ2) is 11.3. The highest BCUT2D eigenvalue weighted by molar-refractivity contribution is 6.04. The van der Waals surface area contributed by atoms with E-state index in [9.17, 15) is 24.6 Å². The maximum atomic E-state index is 14.5. The van der Waals surface area contributed by atoms with Gasteiger partial charge in [-0.2, -0.15) is 0 Å². The molecule has 3 heterocycles. The maximum Gasteiger partial charge on any atom is 0.310 e. The molecule has 3 aliphatic rings. The highest BCUT2D eigenvalue weighted by atomic mass is 16.5. The molecule has 3 fully saturated rings. The van der Waals surface area contributed by atoms with Gasteiger partial charge in [-0.05, 0) is 76.6 Å². The Labute approximate surface area is 231 Å². The van der Waals surface area contributed by atoms with Crippen LogP contribution in [0.4, 0.5) is 11.4 Å². The first-order valence-electron chi connectivity index (χ1n) is 14.2. The van der Waals surface area contributed by atoms with Gasteiger partial charge in [0.15, 0.2) is 0 Å². The van der Waals surface area contributed by atoms with E-state index < -0.39 is 35.0 Å². The van der Waals surface area contributed by atoms with E-state index in [0.29, 0.717) is 37.9 Å². The van der Waals surface area contributed by atoms with Crippen molar-refractivity contribution in [1.29, 1.82) is 0 Å². The minimum Gasteiger partial charge on any atom is -0.481 e. The lowest BCUT2D eigenvalue weighted by Crippen LogP contribution is -2.57. The highest BCUT2D eigenvalue weighted by Crippen LogP contribution is 2.65. The number of benzene rings is 1. The lowest BCUT2D eigenvalue weighted by atomic mass is 9.62. The fourth-order valence-corrected chi connectivity index (χ4v) is 7.24. The molecule has 2 N–H and O–H groups in total. The molecule has 2 bridgehead atoms. The first kappa shape index (κ1) is 29.1. The molecule has 39 heavy (non-hydrogen) atoms. The molecule has 214 valence electrons. The lowest BCUT2D eigenvalue weighted by Gasteiger charge is -2.37. The van der Waals surface area contributed by atoms with Crippen molar-refractivity contribution in [2.45, 2.75) is 70.6 Å². The van der Waals surface area contributed by atoms with Crippen LogP contribution in [0.1, 0.15) is 53.4 Å². The molecule has 3 unspecified atom stereocenters. The summed E-state index contributed by atoms with van der Waals surface area (Å²) in [6, 6.07) is 6.84. The van der Waals surface area contributed by atoms with E-state index in [4.69, 9.17) is 4.74 Å². The fraction of sp³-hybridized carbons (Fsp3) is 0.633. The number of aliphatic hydroxyl groups excluding tert-OH is 1. The van der Waals surface area contributed by atoms with Gasteiger partial charge in [-0.15, -0.1) is 6.58 Å². The zero-order chi connectivity index (χ0) is 28.5. The van der Waals surface area contributed by atoms with Crippen molar-refractivity contribution >= 4 is 29.2 Å². The number of carboxylic acids is 1. The number of ether oxygens (including phenoxy) is 1. The number of anilines is 2. The number of unbranched alkanes of at least 4 members (excludes halogenated alkanes) is 2. The van der Waals surface area contributed by atoms with Crippen LogP contribution in [0, 0.1) is 17.8 Å². The Morgan fingerprint density at radius 2 is 1.79 bits per heavy atom. The largest absolute Gasteiger partial charge is 0.481 e. The second-order valence-electron chi connectivity index (χ2n) is 11.3. The molecule has 4 rings (SSSR count). The molecular formula is C30H43N3O6. The zero-order valence-corrected chi connectivity index (χ0v) is 23.6. The van der Waals surface area contributed by atoms with Crippen molar-refractivity contribution in [3.63, 3.8) is 0 Å². The minimum absolute atomic E-state index is 0.0551. The molecule has 1 spiro atoms. The van der Waals surface area contributed by atoms with Crippen molar-refractivity contribution in [3.05, 3.63) is 36.9 Å². The van der Waals surface area contributed by atoms with Gasteiger partial charge in [-0.3, -0.25) is 14.4 Å². The Balaban J connectivity index is 1.75. The third-order valence-corrected chi connectivity index (χ3v) is 9.24. The summed E-state index contributed by atoms with van der Waals surface area (Å²) in [6.45, 7) is 14.1. The van der Waals surface area contributed by atoms with Crippen molar-refractivity contribution in [2.24, 2.45) is 17.8 Å². The predicted molar refractivity (Wildman–Crippen MR) is 150 cm³/mol. The van der Waals surface area contributed by atoms with Crippen molar-refractivity contribution < 1.29 is 29.3 Å². The van der Waals surface area contributed by atoms with E-state index >= 15 is 0 Å². The predicted octanol–water partition coefficient (Wildman–Crippen LogP) is 3.31. The number of carbonyl (C=O) groups is 3.